The Morgan fingerprint density at radius 3 is 2.00 bits per heavy atom. The predicted molar refractivity (Wildman–Crippen MR) is 104 cm³/mol. The highest BCUT2D eigenvalue weighted by molar-refractivity contribution is 6.10. The number of aromatic nitrogens is 3. The summed E-state index contributed by atoms with van der Waals surface area (Å²) in [6.07, 6.45) is 0. The van der Waals surface area contributed by atoms with Gasteiger partial charge in [-0.3, -0.25) is 0 Å². The van der Waals surface area contributed by atoms with Crippen LogP contribution in [0, 0.1) is 0 Å². The van der Waals surface area contributed by atoms with Crippen LogP contribution in [0.2, 0.25) is 0 Å². The fraction of sp³-hybridized carbons (Fsp3) is 0.444. The molecule has 0 amide bonds. The normalized spacial score (nSPS) is 18.4. The zero-order chi connectivity index (χ0) is 19.3. The zero-order valence-corrected chi connectivity index (χ0v) is 15.5. The van der Waals surface area contributed by atoms with Crippen molar-refractivity contribution < 1.29 is 14.6 Å². The van der Waals surface area contributed by atoms with Gasteiger partial charge in [0.1, 0.15) is 11.5 Å². The van der Waals surface area contributed by atoms with E-state index in [1.807, 2.05) is 0 Å². The number of anilines is 2. The van der Waals surface area contributed by atoms with Crippen molar-refractivity contribution in [1.29, 1.82) is 0 Å². The van der Waals surface area contributed by atoms with Gasteiger partial charge in [0.25, 0.3) is 0 Å². The third-order valence-corrected chi connectivity index (χ3v) is 4.66. The van der Waals surface area contributed by atoms with Gasteiger partial charge in [-0.05, 0) is 12.1 Å². The minimum Gasteiger partial charge on any atom is -0.508 e. The number of aromatic hydroxyl groups is 1. The fourth-order valence-corrected chi connectivity index (χ4v) is 3.18. The first-order valence-corrected chi connectivity index (χ1v) is 9.24. The molecular weight excluding hydrogens is 362 g/mol. The van der Waals surface area contributed by atoms with Crippen LogP contribution in [0.3, 0.4) is 0 Å². The summed E-state index contributed by atoms with van der Waals surface area (Å²) in [6, 6.07) is 6.70. The molecule has 4 rings (SSSR count). The Balaban J connectivity index is 1.75. The maximum atomic E-state index is 9.83. The molecule has 2 fully saturated rings. The van der Waals surface area contributed by atoms with E-state index >= 15 is 0 Å². The molecule has 0 unspecified atom stereocenters. The van der Waals surface area contributed by atoms with E-state index in [-0.39, 0.29) is 5.75 Å². The lowest BCUT2D eigenvalue weighted by atomic mass is 10.1. The Bertz CT molecular complexity index is 813. The van der Waals surface area contributed by atoms with Gasteiger partial charge in [-0.2, -0.15) is 20.1 Å². The summed E-state index contributed by atoms with van der Waals surface area (Å²) in [7, 11) is 0. The van der Waals surface area contributed by atoms with E-state index < -0.39 is 0 Å². The Hall–Kier alpha value is -2.98. The molecule has 1 aromatic carbocycles. The monoisotopic (exact) mass is 385 g/mol. The average Bonchev–Trinajstić information content (AvgIpc) is 2.75. The van der Waals surface area contributed by atoms with Crippen LogP contribution in [0.25, 0.3) is 0 Å². The molecule has 10 heteroatoms. The van der Waals surface area contributed by atoms with Crippen molar-refractivity contribution in [2.45, 2.75) is 0 Å². The van der Waals surface area contributed by atoms with Crippen molar-refractivity contribution in [3.8, 4) is 5.75 Å². The quantitative estimate of drug-likeness (QED) is 0.424. The number of nitrogens with two attached hydrogens (primary N) is 1. The Kier molecular flexibility index (Phi) is 5.49. The molecule has 0 bridgehead atoms. The van der Waals surface area contributed by atoms with Gasteiger partial charge in [-0.25, -0.2) is 0 Å². The molecular formula is C18H23N7O3. The van der Waals surface area contributed by atoms with Crippen LogP contribution in [0.1, 0.15) is 11.4 Å². The van der Waals surface area contributed by atoms with Crippen molar-refractivity contribution in [2.24, 2.45) is 10.9 Å². The minimum absolute atomic E-state index is 0.120. The standard InChI is InChI=1S/C18H23N7O3/c19-23-15(13-2-1-3-14(26)12-13)16-20-17(24-4-8-27-9-5-24)22-18(21-16)25-6-10-28-11-7-25/h1-3,12,26H,4-11,19H2/b23-15+. The molecule has 2 saturated heterocycles. The van der Waals surface area contributed by atoms with Gasteiger partial charge in [-0.1, -0.05) is 12.1 Å². The molecule has 28 heavy (non-hydrogen) atoms. The number of hydrazone groups is 1. The van der Waals surface area contributed by atoms with Crippen molar-refractivity contribution in [3.63, 3.8) is 0 Å². The Morgan fingerprint density at radius 1 is 0.929 bits per heavy atom. The Labute approximate surface area is 162 Å². The molecule has 0 aliphatic carbocycles. The van der Waals surface area contributed by atoms with E-state index in [9.17, 15) is 5.11 Å². The second kappa shape index (κ2) is 8.36. The first-order chi connectivity index (χ1) is 13.7. The summed E-state index contributed by atoms with van der Waals surface area (Å²) in [6.45, 7) is 5.30. The van der Waals surface area contributed by atoms with Gasteiger partial charge < -0.3 is 30.2 Å². The summed E-state index contributed by atoms with van der Waals surface area (Å²) in [4.78, 5) is 18.1. The molecule has 0 atom stereocenters. The molecule has 10 nitrogen and oxygen atoms in total. The van der Waals surface area contributed by atoms with E-state index in [4.69, 9.17) is 15.3 Å². The number of hydrogen-bond acceptors (Lipinski definition) is 10. The number of benzene rings is 1. The molecule has 0 radical (unpaired) electrons. The van der Waals surface area contributed by atoms with Crippen LogP contribution in [-0.4, -0.2) is 78.4 Å². The van der Waals surface area contributed by atoms with Gasteiger partial charge in [0.15, 0.2) is 5.82 Å². The lowest BCUT2D eigenvalue weighted by Crippen LogP contribution is -2.40. The van der Waals surface area contributed by atoms with Crippen LogP contribution in [0.4, 0.5) is 11.9 Å². The van der Waals surface area contributed by atoms with Gasteiger partial charge in [0, 0.05) is 31.7 Å². The molecule has 2 aromatic rings. The fourth-order valence-electron chi connectivity index (χ4n) is 3.18. The van der Waals surface area contributed by atoms with E-state index in [0.717, 1.165) is 0 Å². The maximum absolute atomic E-state index is 9.83. The van der Waals surface area contributed by atoms with Gasteiger partial charge in [0.05, 0.1) is 26.4 Å². The van der Waals surface area contributed by atoms with Gasteiger partial charge in [-0.15, -0.1) is 0 Å². The smallest absolute Gasteiger partial charge is 0.230 e. The third kappa shape index (κ3) is 3.97. The van der Waals surface area contributed by atoms with E-state index in [1.165, 1.54) is 0 Å². The molecule has 2 aliphatic heterocycles. The lowest BCUT2D eigenvalue weighted by molar-refractivity contribution is 0.121. The van der Waals surface area contributed by atoms with Crippen molar-refractivity contribution in [2.75, 3.05) is 62.4 Å². The molecule has 0 saturated carbocycles. The number of nitrogens with zero attached hydrogens (tertiary/aromatic N) is 6. The van der Waals surface area contributed by atoms with Gasteiger partial charge >= 0.3 is 0 Å². The first kappa shape index (κ1) is 18.4. The van der Waals surface area contributed by atoms with Crippen LogP contribution in [-0.2, 0) is 9.47 Å². The molecule has 3 N–H and O–H groups in total. The first-order valence-electron chi connectivity index (χ1n) is 9.24. The number of hydrogen-bond donors (Lipinski definition) is 2. The van der Waals surface area contributed by atoms with Gasteiger partial charge in [0.2, 0.25) is 11.9 Å². The highest BCUT2D eigenvalue weighted by atomic mass is 16.5. The number of phenols is 1. The molecule has 2 aliphatic rings. The number of rotatable bonds is 4. The van der Waals surface area contributed by atoms with Crippen LogP contribution >= 0.6 is 0 Å². The highest BCUT2D eigenvalue weighted by Crippen LogP contribution is 2.20. The second-order valence-electron chi connectivity index (χ2n) is 6.49. The molecule has 1 aromatic heterocycles. The number of phenolic OH excluding ortho intramolecular Hbond substituents is 1. The zero-order valence-electron chi connectivity index (χ0n) is 15.5. The highest BCUT2D eigenvalue weighted by Gasteiger charge is 2.23. The van der Waals surface area contributed by atoms with Crippen LogP contribution < -0.4 is 15.6 Å². The SMILES string of the molecule is N/N=C(\c1cccc(O)c1)c1nc(N2CCOCC2)nc(N2CCOCC2)n1. The lowest BCUT2D eigenvalue weighted by Gasteiger charge is -2.30. The van der Waals surface area contributed by atoms with Crippen LogP contribution in [0.15, 0.2) is 29.4 Å². The van der Waals surface area contributed by atoms with E-state index in [1.54, 1.807) is 24.3 Å². The number of morpholine rings is 2. The third-order valence-electron chi connectivity index (χ3n) is 4.66. The Morgan fingerprint density at radius 2 is 1.50 bits per heavy atom. The van der Waals surface area contributed by atoms with Crippen molar-refractivity contribution in [1.82, 2.24) is 15.0 Å². The van der Waals surface area contributed by atoms with Crippen molar-refractivity contribution >= 4 is 17.6 Å². The maximum Gasteiger partial charge on any atom is 0.230 e. The largest absolute Gasteiger partial charge is 0.508 e. The topological polar surface area (TPSA) is 122 Å². The summed E-state index contributed by atoms with van der Waals surface area (Å²) in [5.74, 6) is 7.30. The summed E-state index contributed by atoms with van der Waals surface area (Å²) < 4.78 is 10.9. The van der Waals surface area contributed by atoms with E-state index in [2.05, 4.69) is 29.9 Å². The number of ether oxygens (including phenoxy) is 2. The minimum atomic E-state index is 0.120. The van der Waals surface area contributed by atoms with E-state index in [0.29, 0.717) is 81.6 Å². The average molecular weight is 385 g/mol. The molecule has 148 valence electrons. The molecule has 0 spiro atoms. The molecule has 3 heterocycles. The summed E-state index contributed by atoms with van der Waals surface area (Å²) in [5.41, 5.74) is 1.02. The second-order valence-corrected chi connectivity index (χ2v) is 6.49. The summed E-state index contributed by atoms with van der Waals surface area (Å²) >= 11 is 0. The van der Waals surface area contributed by atoms with Crippen molar-refractivity contribution in [3.05, 3.63) is 35.7 Å². The summed E-state index contributed by atoms with van der Waals surface area (Å²) in [5, 5.41) is 13.7. The van der Waals surface area contributed by atoms with Crippen LogP contribution in [0.5, 0.6) is 5.75 Å². The predicted octanol–water partition coefficient (Wildman–Crippen LogP) is -0.0385.